The Bertz CT molecular complexity index is 1360. The number of rotatable bonds is 9. The molecule has 0 bridgehead atoms. The predicted molar refractivity (Wildman–Crippen MR) is 146 cm³/mol. The summed E-state index contributed by atoms with van der Waals surface area (Å²) in [6, 6.07) is 27.7. The molecule has 1 aromatic heterocycles. The van der Waals surface area contributed by atoms with E-state index in [2.05, 4.69) is 91.2 Å². The van der Waals surface area contributed by atoms with Crippen LogP contribution in [0.4, 0.5) is 0 Å². The molecule has 3 aromatic carbocycles. The Morgan fingerprint density at radius 3 is 2.51 bits per heavy atom. The van der Waals surface area contributed by atoms with E-state index in [4.69, 9.17) is 0 Å². The molecule has 2 nitrogen and oxygen atoms in total. The Morgan fingerprint density at radius 2 is 1.69 bits per heavy atom. The maximum absolute atomic E-state index is 13.4. The van der Waals surface area contributed by atoms with Crippen LogP contribution in [-0.2, 0) is 18.4 Å². The lowest BCUT2D eigenvalue weighted by atomic mass is 9.74. The summed E-state index contributed by atoms with van der Waals surface area (Å²) in [7, 11) is 0. The van der Waals surface area contributed by atoms with Crippen LogP contribution in [0.25, 0.3) is 10.9 Å². The molecule has 1 heterocycles. The van der Waals surface area contributed by atoms with Gasteiger partial charge < -0.3 is 4.57 Å². The summed E-state index contributed by atoms with van der Waals surface area (Å²) >= 11 is 0. The van der Waals surface area contributed by atoms with Gasteiger partial charge in [0.1, 0.15) is 0 Å². The standard InChI is InChI=1S/C33H35NO/c1-3-21-33(23-20-27-15-7-9-17-29(27)33)22-12-11-19-31(35)32-25(2)34(24-26-13-5-4-6-14-26)30-18-10-8-16-28(30)32/h4-11,13-19H,3,12,20-24H2,1-2H3/b19-11-. The van der Waals surface area contributed by atoms with Crippen LogP contribution in [0, 0.1) is 6.92 Å². The van der Waals surface area contributed by atoms with Crippen molar-refractivity contribution < 1.29 is 4.79 Å². The van der Waals surface area contributed by atoms with Gasteiger partial charge in [-0.2, -0.15) is 0 Å². The lowest BCUT2D eigenvalue weighted by Gasteiger charge is -2.30. The minimum atomic E-state index is 0.113. The molecule has 2 heteroatoms. The summed E-state index contributed by atoms with van der Waals surface area (Å²) in [4.78, 5) is 13.4. The number of carbonyl (C=O) groups is 1. The van der Waals surface area contributed by atoms with E-state index in [1.165, 1.54) is 36.8 Å². The molecule has 1 aliphatic rings. The minimum absolute atomic E-state index is 0.113. The highest BCUT2D eigenvalue weighted by Crippen LogP contribution is 2.45. The fraction of sp³-hybridized carbons (Fsp3) is 0.303. The summed E-state index contributed by atoms with van der Waals surface area (Å²) in [6.45, 7) is 5.13. The lowest BCUT2D eigenvalue weighted by molar-refractivity contribution is 0.104. The second-order valence-electron chi connectivity index (χ2n) is 10.0. The van der Waals surface area contributed by atoms with Gasteiger partial charge in [0.05, 0.1) is 5.56 Å². The first-order valence-electron chi connectivity index (χ1n) is 13.0. The molecular formula is C33H35NO. The number of allylic oxidation sites excluding steroid dienone is 2. The number of carbonyl (C=O) groups excluding carboxylic acids is 1. The van der Waals surface area contributed by atoms with Crippen LogP contribution in [-0.4, -0.2) is 10.4 Å². The Labute approximate surface area is 209 Å². The van der Waals surface area contributed by atoms with Crippen molar-refractivity contribution in [3.63, 3.8) is 0 Å². The zero-order valence-electron chi connectivity index (χ0n) is 21.0. The molecule has 1 unspecified atom stereocenters. The highest BCUT2D eigenvalue weighted by atomic mass is 16.1. The van der Waals surface area contributed by atoms with Crippen molar-refractivity contribution in [1.29, 1.82) is 0 Å². The molecule has 4 aromatic rings. The molecule has 0 saturated heterocycles. The monoisotopic (exact) mass is 461 g/mol. The van der Waals surface area contributed by atoms with Crippen LogP contribution in [0.1, 0.15) is 71.8 Å². The molecular weight excluding hydrogens is 426 g/mol. The van der Waals surface area contributed by atoms with Gasteiger partial charge in [0, 0.05) is 23.1 Å². The van der Waals surface area contributed by atoms with E-state index in [1.54, 1.807) is 5.56 Å². The van der Waals surface area contributed by atoms with Crippen LogP contribution in [0.5, 0.6) is 0 Å². The fourth-order valence-corrected chi connectivity index (χ4v) is 6.23. The smallest absolute Gasteiger partial charge is 0.187 e. The first-order valence-corrected chi connectivity index (χ1v) is 13.0. The average Bonchev–Trinajstić information content (AvgIpc) is 3.38. The molecule has 1 atom stereocenters. The Hall–Kier alpha value is -3.39. The summed E-state index contributed by atoms with van der Waals surface area (Å²) in [5.74, 6) is 0.113. The van der Waals surface area contributed by atoms with Gasteiger partial charge >= 0.3 is 0 Å². The second kappa shape index (κ2) is 10.1. The minimum Gasteiger partial charge on any atom is -0.340 e. The van der Waals surface area contributed by atoms with E-state index in [0.29, 0.717) is 0 Å². The largest absolute Gasteiger partial charge is 0.340 e. The number of aromatic nitrogens is 1. The van der Waals surface area contributed by atoms with E-state index in [9.17, 15) is 4.79 Å². The van der Waals surface area contributed by atoms with Crippen molar-refractivity contribution in [2.24, 2.45) is 0 Å². The quantitative estimate of drug-likeness (QED) is 0.182. The summed E-state index contributed by atoms with van der Waals surface area (Å²) < 4.78 is 2.28. The molecule has 0 saturated carbocycles. The van der Waals surface area contributed by atoms with E-state index in [-0.39, 0.29) is 11.2 Å². The lowest BCUT2D eigenvalue weighted by Crippen LogP contribution is -2.22. The number of ketones is 1. The van der Waals surface area contributed by atoms with Crippen molar-refractivity contribution in [3.05, 3.63) is 119 Å². The van der Waals surface area contributed by atoms with E-state index >= 15 is 0 Å². The normalized spacial score (nSPS) is 17.3. The highest BCUT2D eigenvalue weighted by molar-refractivity contribution is 6.14. The van der Waals surface area contributed by atoms with E-state index in [1.807, 2.05) is 18.2 Å². The molecule has 0 fully saturated rings. The molecule has 0 radical (unpaired) electrons. The van der Waals surface area contributed by atoms with Gasteiger partial charge in [-0.15, -0.1) is 0 Å². The Balaban J connectivity index is 1.36. The third-order valence-corrected chi connectivity index (χ3v) is 7.91. The number of hydrogen-bond acceptors (Lipinski definition) is 1. The first kappa shape index (κ1) is 23.4. The fourth-order valence-electron chi connectivity index (χ4n) is 6.23. The number of aryl methyl sites for hydroxylation is 1. The van der Waals surface area contributed by atoms with Gasteiger partial charge in [-0.05, 0) is 73.3 Å². The average molecular weight is 462 g/mol. The topological polar surface area (TPSA) is 22.0 Å². The van der Waals surface area contributed by atoms with Crippen molar-refractivity contribution in [2.75, 3.05) is 0 Å². The number of para-hydroxylation sites is 1. The van der Waals surface area contributed by atoms with Crippen molar-refractivity contribution >= 4 is 16.7 Å². The van der Waals surface area contributed by atoms with Gasteiger partial charge in [-0.25, -0.2) is 0 Å². The zero-order valence-corrected chi connectivity index (χ0v) is 21.0. The van der Waals surface area contributed by atoms with Gasteiger partial charge in [0.15, 0.2) is 5.78 Å². The third kappa shape index (κ3) is 4.50. The van der Waals surface area contributed by atoms with Crippen molar-refractivity contribution in [2.45, 2.75) is 64.3 Å². The van der Waals surface area contributed by atoms with Crippen LogP contribution >= 0.6 is 0 Å². The molecule has 35 heavy (non-hydrogen) atoms. The van der Waals surface area contributed by atoms with Crippen LogP contribution in [0.2, 0.25) is 0 Å². The molecule has 5 rings (SSSR count). The number of nitrogens with zero attached hydrogens (tertiary/aromatic N) is 1. The number of fused-ring (bicyclic) bond motifs is 2. The second-order valence-corrected chi connectivity index (χ2v) is 10.0. The summed E-state index contributed by atoms with van der Waals surface area (Å²) in [5.41, 5.74) is 7.56. The third-order valence-electron chi connectivity index (χ3n) is 7.91. The van der Waals surface area contributed by atoms with Gasteiger partial charge in [0.25, 0.3) is 0 Å². The van der Waals surface area contributed by atoms with Crippen LogP contribution in [0.3, 0.4) is 0 Å². The SMILES string of the molecule is CCCC1(CC/C=C\C(=O)c2c(C)n(Cc3ccccc3)c3ccccc23)CCc2ccccc21. The molecule has 178 valence electrons. The van der Waals surface area contributed by atoms with Gasteiger partial charge in [-0.3, -0.25) is 4.79 Å². The molecule has 0 spiro atoms. The molecule has 0 aliphatic heterocycles. The van der Waals surface area contributed by atoms with Gasteiger partial charge in [-0.1, -0.05) is 92.2 Å². The van der Waals surface area contributed by atoms with Crippen LogP contribution < -0.4 is 0 Å². The van der Waals surface area contributed by atoms with Crippen molar-refractivity contribution in [1.82, 2.24) is 4.57 Å². The molecule has 1 aliphatic carbocycles. The Morgan fingerprint density at radius 1 is 0.943 bits per heavy atom. The van der Waals surface area contributed by atoms with Crippen LogP contribution in [0.15, 0.2) is 91.0 Å². The molecule has 0 N–H and O–H groups in total. The highest BCUT2D eigenvalue weighted by Gasteiger charge is 2.36. The number of hydrogen-bond donors (Lipinski definition) is 0. The summed E-state index contributed by atoms with van der Waals surface area (Å²) in [6.07, 6.45) is 10.8. The maximum atomic E-state index is 13.4. The van der Waals surface area contributed by atoms with E-state index in [0.717, 1.165) is 41.5 Å². The van der Waals surface area contributed by atoms with E-state index < -0.39 is 0 Å². The predicted octanol–water partition coefficient (Wildman–Crippen LogP) is 8.20. The zero-order chi connectivity index (χ0) is 24.3. The summed E-state index contributed by atoms with van der Waals surface area (Å²) in [5, 5.41) is 1.04. The maximum Gasteiger partial charge on any atom is 0.187 e. The molecule has 0 amide bonds. The van der Waals surface area contributed by atoms with Gasteiger partial charge in [0.2, 0.25) is 0 Å². The number of benzene rings is 3. The first-order chi connectivity index (χ1) is 17.1. The Kier molecular flexibility index (Phi) is 6.72. The van der Waals surface area contributed by atoms with Crippen molar-refractivity contribution in [3.8, 4) is 0 Å².